The predicted molar refractivity (Wildman–Crippen MR) is 68.7 cm³/mol. The highest BCUT2D eigenvalue weighted by Crippen LogP contribution is 2.28. The van der Waals surface area contributed by atoms with E-state index < -0.39 is 0 Å². The molecule has 2 aliphatic heterocycles. The Labute approximate surface area is 103 Å². The zero-order valence-corrected chi connectivity index (χ0v) is 10.5. The first kappa shape index (κ1) is 11.2. The molecular weight excluding hydrogens is 210 g/mol. The number of hydrogen-bond donors (Lipinski definition) is 1. The van der Waals surface area contributed by atoms with Crippen molar-refractivity contribution in [2.24, 2.45) is 5.92 Å². The van der Waals surface area contributed by atoms with Crippen LogP contribution in [0.3, 0.4) is 0 Å². The second-order valence-corrected chi connectivity index (χ2v) is 5.39. The second kappa shape index (κ2) is 4.75. The molecule has 0 amide bonds. The molecule has 92 valence electrons. The maximum atomic E-state index is 4.43. The molecule has 4 unspecified atom stereocenters. The number of fused-ring (bicyclic) bond motifs is 2. The minimum absolute atomic E-state index is 0.369. The molecule has 0 radical (unpaired) electrons. The Bertz CT molecular complexity index is 365. The Morgan fingerprint density at radius 2 is 2.24 bits per heavy atom. The Morgan fingerprint density at radius 1 is 1.35 bits per heavy atom. The van der Waals surface area contributed by atoms with E-state index >= 15 is 0 Å². The van der Waals surface area contributed by atoms with Gasteiger partial charge in [-0.2, -0.15) is 0 Å². The largest absolute Gasteiger partial charge is 0.306 e. The molecule has 3 rings (SSSR count). The summed E-state index contributed by atoms with van der Waals surface area (Å²) < 4.78 is 0. The molecule has 1 N–H and O–H groups in total. The lowest BCUT2D eigenvalue weighted by Gasteiger charge is -2.33. The van der Waals surface area contributed by atoms with Crippen LogP contribution in [-0.4, -0.2) is 35.6 Å². The highest BCUT2D eigenvalue weighted by atomic mass is 15.2. The van der Waals surface area contributed by atoms with E-state index in [1.807, 2.05) is 12.3 Å². The van der Waals surface area contributed by atoms with E-state index in [0.29, 0.717) is 12.1 Å². The van der Waals surface area contributed by atoms with Crippen LogP contribution >= 0.6 is 0 Å². The highest BCUT2D eigenvalue weighted by molar-refractivity contribution is 5.08. The fourth-order valence-electron chi connectivity index (χ4n) is 3.21. The Morgan fingerprint density at radius 3 is 3.06 bits per heavy atom. The maximum absolute atomic E-state index is 4.43. The van der Waals surface area contributed by atoms with Gasteiger partial charge < -0.3 is 10.2 Å². The quantitative estimate of drug-likeness (QED) is 0.860. The summed E-state index contributed by atoms with van der Waals surface area (Å²) in [5.41, 5.74) is 1.16. The van der Waals surface area contributed by atoms with Crippen LogP contribution in [0.5, 0.6) is 0 Å². The summed E-state index contributed by atoms with van der Waals surface area (Å²) in [7, 11) is 0. The molecule has 17 heavy (non-hydrogen) atoms. The zero-order chi connectivity index (χ0) is 11.7. The van der Waals surface area contributed by atoms with E-state index in [1.165, 1.54) is 32.5 Å². The van der Waals surface area contributed by atoms with E-state index in [4.69, 9.17) is 0 Å². The summed E-state index contributed by atoms with van der Waals surface area (Å²) in [6, 6.07) is 7.21. The fraction of sp³-hybridized carbons (Fsp3) is 0.643. The van der Waals surface area contributed by atoms with Gasteiger partial charge in [0.25, 0.3) is 0 Å². The van der Waals surface area contributed by atoms with E-state index in [9.17, 15) is 0 Å². The van der Waals surface area contributed by atoms with Gasteiger partial charge in [0, 0.05) is 24.8 Å². The minimum Gasteiger partial charge on any atom is -0.306 e. The zero-order valence-electron chi connectivity index (χ0n) is 10.5. The summed E-state index contributed by atoms with van der Waals surface area (Å²) in [6.45, 7) is 6.10. The fourth-order valence-corrected chi connectivity index (χ4v) is 3.21. The smallest absolute Gasteiger partial charge is 0.0570 e. The molecule has 3 heterocycles. The molecule has 2 fully saturated rings. The summed E-state index contributed by atoms with van der Waals surface area (Å²) >= 11 is 0. The molecule has 3 heteroatoms. The standard InChI is InChI=1S/C14H21N3/c1-11(13-4-2-3-7-15-13)16-14-6-9-17-8-5-12(14)10-17/h2-4,7,11-12,14,16H,5-6,8-10H2,1H3. The van der Waals surface area contributed by atoms with Crippen molar-refractivity contribution in [1.82, 2.24) is 15.2 Å². The number of pyridine rings is 1. The topological polar surface area (TPSA) is 28.2 Å². The third-order valence-electron chi connectivity index (χ3n) is 4.23. The lowest BCUT2D eigenvalue weighted by molar-refractivity contribution is 0.211. The van der Waals surface area contributed by atoms with Gasteiger partial charge in [-0.25, -0.2) is 0 Å². The molecule has 0 spiro atoms. The highest BCUT2D eigenvalue weighted by Gasteiger charge is 2.34. The Kier molecular flexibility index (Phi) is 3.12. The normalized spacial score (nSPS) is 33.6. The van der Waals surface area contributed by atoms with E-state index in [-0.39, 0.29) is 0 Å². The van der Waals surface area contributed by atoms with Gasteiger partial charge in [0.2, 0.25) is 0 Å². The van der Waals surface area contributed by atoms with Crippen LogP contribution in [0, 0.1) is 5.92 Å². The summed E-state index contributed by atoms with van der Waals surface area (Å²) in [6.07, 6.45) is 4.54. The van der Waals surface area contributed by atoms with Crippen LogP contribution in [0.1, 0.15) is 31.5 Å². The molecule has 2 saturated heterocycles. The number of rotatable bonds is 3. The lowest BCUT2D eigenvalue weighted by atomic mass is 9.93. The van der Waals surface area contributed by atoms with Crippen LogP contribution in [-0.2, 0) is 0 Å². The lowest BCUT2D eigenvalue weighted by Crippen LogP contribution is -2.44. The average molecular weight is 231 g/mol. The number of piperidine rings is 1. The van der Waals surface area contributed by atoms with Crippen molar-refractivity contribution < 1.29 is 0 Å². The van der Waals surface area contributed by atoms with Crippen molar-refractivity contribution in [3.8, 4) is 0 Å². The van der Waals surface area contributed by atoms with Gasteiger partial charge >= 0.3 is 0 Å². The number of hydrogen-bond acceptors (Lipinski definition) is 3. The van der Waals surface area contributed by atoms with Crippen LogP contribution in [0.15, 0.2) is 24.4 Å². The molecule has 0 saturated carbocycles. The molecule has 3 nitrogen and oxygen atoms in total. The summed E-state index contributed by atoms with van der Waals surface area (Å²) in [5.74, 6) is 0.856. The molecular formula is C14H21N3. The molecule has 1 aromatic rings. The monoisotopic (exact) mass is 231 g/mol. The van der Waals surface area contributed by atoms with Gasteiger partial charge in [-0.3, -0.25) is 4.98 Å². The van der Waals surface area contributed by atoms with Gasteiger partial charge in [0.05, 0.1) is 5.69 Å². The van der Waals surface area contributed by atoms with Crippen LogP contribution < -0.4 is 5.32 Å². The van der Waals surface area contributed by atoms with Crippen LogP contribution in [0.25, 0.3) is 0 Å². The molecule has 1 aromatic heterocycles. The van der Waals surface area contributed by atoms with Crippen molar-refractivity contribution in [1.29, 1.82) is 0 Å². The van der Waals surface area contributed by atoms with Crippen molar-refractivity contribution in [2.45, 2.75) is 31.8 Å². The van der Waals surface area contributed by atoms with Crippen molar-refractivity contribution in [3.05, 3.63) is 30.1 Å². The average Bonchev–Trinajstić information content (AvgIpc) is 2.77. The summed E-state index contributed by atoms with van der Waals surface area (Å²) in [5, 5.41) is 3.77. The number of nitrogens with one attached hydrogen (secondary N) is 1. The van der Waals surface area contributed by atoms with Crippen LogP contribution in [0.2, 0.25) is 0 Å². The molecule has 0 aliphatic carbocycles. The third-order valence-corrected chi connectivity index (χ3v) is 4.23. The maximum Gasteiger partial charge on any atom is 0.0570 e. The van der Waals surface area contributed by atoms with Gasteiger partial charge in [0.15, 0.2) is 0 Å². The number of nitrogens with zero attached hydrogens (tertiary/aromatic N) is 2. The van der Waals surface area contributed by atoms with Gasteiger partial charge in [-0.15, -0.1) is 0 Å². The molecule has 2 aliphatic rings. The molecule has 0 aromatic carbocycles. The third kappa shape index (κ3) is 2.35. The van der Waals surface area contributed by atoms with Gasteiger partial charge in [0.1, 0.15) is 0 Å². The van der Waals surface area contributed by atoms with Crippen molar-refractivity contribution >= 4 is 0 Å². The summed E-state index contributed by atoms with van der Waals surface area (Å²) in [4.78, 5) is 7.02. The first-order valence-electron chi connectivity index (χ1n) is 6.72. The van der Waals surface area contributed by atoms with Crippen molar-refractivity contribution in [3.63, 3.8) is 0 Å². The Balaban J connectivity index is 1.63. The van der Waals surface area contributed by atoms with Gasteiger partial charge in [-0.1, -0.05) is 6.07 Å². The van der Waals surface area contributed by atoms with E-state index in [1.54, 1.807) is 0 Å². The van der Waals surface area contributed by atoms with Crippen molar-refractivity contribution in [2.75, 3.05) is 19.6 Å². The van der Waals surface area contributed by atoms with E-state index in [2.05, 4.69) is 34.3 Å². The van der Waals surface area contributed by atoms with Crippen LogP contribution in [0.4, 0.5) is 0 Å². The SMILES string of the molecule is CC(NC1CCN2CCC1C2)c1ccccn1. The van der Waals surface area contributed by atoms with E-state index in [0.717, 1.165) is 11.6 Å². The Hall–Kier alpha value is -0.930. The number of aromatic nitrogens is 1. The molecule has 2 bridgehead atoms. The predicted octanol–water partition coefficient (Wildman–Crippen LogP) is 1.83. The van der Waals surface area contributed by atoms with Gasteiger partial charge in [-0.05, 0) is 50.9 Å². The second-order valence-electron chi connectivity index (χ2n) is 5.39. The first-order valence-corrected chi connectivity index (χ1v) is 6.72. The first-order chi connectivity index (χ1) is 8.33. The minimum atomic E-state index is 0.369. The molecule has 4 atom stereocenters.